The van der Waals surface area contributed by atoms with Crippen LogP contribution in [0.1, 0.15) is 38.2 Å². The van der Waals surface area contributed by atoms with Crippen LogP contribution in [0, 0.1) is 5.41 Å². The van der Waals surface area contributed by atoms with Crippen LogP contribution in [0.2, 0.25) is 0 Å². The van der Waals surface area contributed by atoms with Crippen molar-refractivity contribution in [2.75, 3.05) is 0 Å². The monoisotopic (exact) mass is 259 g/mol. The molecule has 1 heterocycles. The molecule has 2 aliphatic rings. The molecule has 1 saturated carbocycles. The SMILES string of the molecule is C[C@@]12CCC[C@@H]1N[C@H](C(=O)OCc1ccccc1)C2. The van der Waals surface area contributed by atoms with Crippen LogP contribution in [0.4, 0.5) is 0 Å². The Morgan fingerprint density at radius 1 is 1.42 bits per heavy atom. The Balaban J connectivity index is 1.55. The Bertz CT molecular complexity index is 459. The van der Waals surface area contributed by atoms with Gasteiger partial charge in [0.25, 0.3) is 0 Å². The van der Waals surface area contributed by atoms with Gasteiger partial charge in [-0.05, 0) is 30.2 Å². The smallest absolute Gasteiger partial charge is 0.323 e. The molecule has 3 heteroatoms. The molecule has 0 amide bonds. The van der Waals surface area contributed by atoms with E-state index in [-0.39, 0.29) is 12.0 Å². The van der Waals surface area contributed by atoms with Gasteiger partial charge in [0.1, 0.15) is 12.6 Å². The molecular formula is C16H21NO2. The number of esters is 1. The maximum atomic E-state index is 12.1. The largest absolute Gasteiger partial charge is 0.460 e. The van der Waals surface area contributed by atoms with Gasteiger partial charge in [0.15, 0.2) is 0 Å². The van der Waals surface area contributed by atoms with Crippen molar-refractivity contribution >= 4 is 5.97 Å². The molecule has 1 aliphatic carbocycles. The van der Waals surface area contributed by atoms with E-state index < -0.39 is 0 Å². The van der Waals surface area contributed by atoms with Crippen LogP contribution in [0.3, 0.4) is 0 Å². The van der Waals surface area contributed by atoms with E-state index in [1.54, 1.807) is 0 Å². The Morgan fingerprint density at radius 3 is 2.95 bits per heavy atom. The summed E-state index contributed by atoms with van der Waals surface area (Å²) in [6, 6.07) is 10.2. The zero-order chi connectivity index (χ0) is 13.3. The maximum Gasteiger partial charge on any atom is 0.323 e. The van der Waals surface area contributed by atoms with Gasteiger partial charge in [0.05, 0.1) is 0 Å². The molecule has 3 nitrogen and oxygen atoms in total. The first kappa shape index (κ1) is 12.7. The fraction of sp³-hybridized carbons (Fsp3) is 0.562. The quantitative estimate of drug-likeness (QED) is 0.848. The van der Waals surface area contributed by atoms with Gasteiger partial charge in [-0.2, -0.15) is 0 Å². The zero-order valence-corrected chi connectivity index (χ0v) is 11.4. The zero-order valence-electron chi connectivity index (χ0n) is 11.4. The average Bonchev–Trinajstić information content (AvgIpc) is 2.92. The van der Waals surface area contributed by atoms with E-state index >= 15 is 0 Å². The molecule has 0 unspecified atom stereocenters. The number of nitrogens with one attached hydrogen (secondary N) is 1. The van der Waals surface area contributed by atoms with Crippen molar-refractivity contribution in [3.05, 3.63) is 35.9 Å². The number of rotatable bonds is 3. The van der Waals surface area contributed by atoms with E-state index in [0.717, 1.165) is 12.0 Å². The first-order valence-electron chi connectivity index (χ1n) is 7.14. The summed E-state index contributed by atoms with van der Waals surface area (Å²) in [5.41, 5.74) is 1.34. The molecule has 19 heavy (non-hydrogen) atoms. The van der Waals surface area contributed by atoms with Crippen molar-refractivity contribution in [1.29, 1.82) is 0 Å². The summed E-state index contributed by atoms with van der Waals surface area (Å²) in [4.78, 5) is 12.1. The van der Waals surface area contributed by atoms with Gasteiger partial charge in [-0.25, -0.2) is 0 Å². The summed E-state index contributed by atoms with van der Waals surface area (Å²) in [5.74, 6) is -0.0977. The fourth-order valence-electron chi connectivity index (χ4n) is 3.51. The standard InChI is InChI=1S/C16H21NO2/c1-16-9-5-8-14(16)17-13(10-16)15(18)19-11-12-6-3-2-4-7-12/h2-4,6-7,13-14,17H,5,8-11H2,1H3/t13-,14-,16-/m0/s1. The van der Waals surface area contributed by atoms with Crippen LogP contribution in [-0.4, -0.2) is 18.1 Å². The van der Waals surface area contributed by atoms with Gasteiger partial charge in [-0.15, -0.1) is 0 Å². The lowest BCUT2D eigenvalue weighted by atomic mass is 9.83. The molecule has 1 aromatic rings. The number of benzene rings is 1. The van der Waals surface area contributed by atoms with Gasteiger partial charge >= 0.3 is 5.97 Å². The normalized spacial score (nSPS) is 33.1. The van der Waals surface area contributed by atoms with Crippen LogP contribution in [0.5, 0.6) is 0 Å². The van der Waals surface area contributed by atoms with E-state index in [2.05, 4.69) is 12.2 Å². The molecule has 3 rings (SSSR count). The highest BCUT2D eigenvalue weighted by Gasteiger charge is 2.48. The number of carbonyl (C=O) groups excluding carboxylic acids is 1. The Labute approximate surface area is 114 Å². The van der Waals surface area contributed by atoms with Crippen molar-refractivity contribution in [2.24, 2.45) is 5.41 Å². The highest BCUT2D eigenvalue weighted by atomic mass is 16.5. The molecule has 2 fully saturated rings. The summed E-state index contributed by atoms with van der Waals surface area (Å²) in [6.45, 7) is 2.67. The van der Waals surface area contributed by atoms with E-state index in [9.17, 15) is 4.79 Å². The van der Waals surface area contributed by atoms with Crippen molar-refractivity contribution in [3.63, 3.8) is 0 Å². The minimum Gasteiger partial charge on any atom is -0.460 e. The lowest BCUT2D eigenvalue weighted by molar-refractivity contribution is -0.147. The maximum absolute atomic E-state index is 12.1. The lowest BCUT2D eigenvalue weighted by Crippen LogP contribution is -2.37. The van der Waals surface area contributed by atoms with Gasteiger partial charge < -0.3 is 10.1 Å². The fourth-order valence-corrected chi connectivity index (χ4v) is 3.51. The van der Waals surface area contributed by atoms with Gasteiger partial charge in [0.2, 0.25) is 0 Å². The first-order chi connectivity index (χ1) is 9.17. The van der Waals surface area contributed by atoms with Crippen molar-refractivity contribution in [1.82, 2.24) is 5.32 Å². The third kappa shape index (κ3) is 2.52. The van der Waals surface area contributed by atoms with E-state index in [1.165, 1.54) is 19.3 Å². The second kappa shape index (κ2) is 4.97. The van der Waals surface area contributed by atoms with E-state index in [4.69, 9.17) is 4.74 Å². The minimum absolute atomic E-state index is 0.0977. The number of ether oxygens (including phenoxy) is 1. The molecule has 0 bridgehead atoms. The van der Waals surface area contributed by atoms with Gasteiger partial charge in [0, 0.05) is 6.04 Å². The van der Waals surface area contributed by atoms with Crippen LogP contribution >= 0.6 is 0 Å². The molecule has 1 N–H and O–H groups in total. The predicted octanol–water partition coefficient (Wildman–Crippen LogP) is 2.65. The summed E-state index contributed by atoms with van der Waals surface area (Å²) in [5, 5.41) is 3.45. The number of carbonyl (C=O) groups is 1. The Kier molecular flexibility index (Phi) is 3.31. The summed E-state index contributed by atoms with van der Waals surface area (Å²) >= 11 is 0. The molecule has 3 atom stereocenters. The van der Waals surface area contributed by atoms with Crippen LogP contribution in [-0.2, 0) is 16.1 Å². The lowest BCUT2D eigenvalue weighted by Gasteiger charge is -2.21. The van der Waals surface area contributed by atoms with E-state index in [1.807, 2.05) is 30.3 Å². The minimum atomic E-state index is -0.112. The van der Waals surface area contributed by atoms with Crippen molar-refractivity contribution < 1.29 is 9.53 Å². The van der Waals surface area contributed by atoms with Gasteiger partial charge in [-0.3, -0.25) is 4.79 Å². The van der Waals surface area contributed by atoms with Crippen molar-refractivity contribution in [2.45, 2.75) is 51.3 Å². The van der Waals surface area contributed by atoms with Gasteiger partial charge in [-0.1, -0.05) is 43.7 Å². The molecule has 0 aromatic heterocycles. The Hall–Kier alpha value is -1.35. The highest BCUT2D eigenvalue weighted by molar-refractivity contribution is 5.76. The van der Waals surface area contributed by atoms with Crippen molar-refractivity contribution in [3.8, 4) is 0 Å². The number of fused-ring (bicyclic) bond motifs is 1. The molecule has 102 valence electrons. The second-order valence-corrected chi connectivity index (χ2v) is 6.12. The Morgan fingerprint density at radius 2 is 2.21 bits per heavy atom. The summed E-state index contributed by atoms with van der Waals surface area (Å²) < 4.78 is 5.42. The third-order valence-corrected chi connectivity index (χ3v) is 4.66. The average molecular weight is 259 g/mol. The number of hydrogen-bond acceptors (Lipinski definition) is 3. The van der Waals surface area contributed by atoms with Crippen LogP contribution < -0.4 is 5.32 Å². The topological polar surface area (TPSA) is 38.3 Å². The molecule has 0 spiro atoms. The summed E-state index contributed by atoms with van der Waals surface area (Å²) in [6.07, 6.45) is 4.62. The second-order valence-electron chi connectivity index (χ2n) is 6.12. The third-order valence-electron chi connectivity index (χ3n) is 4.66. The highest BCUT2D eigenvalue weighted by Crippen LogP contribution is 2.46. The van der Waals surface area contributed by atoms with Crippen LogP contribution in [0.25, 0.3) is 0 Å². The number of hydrogen-bond donors (Lipinski definition) is 1. The van der Waals surface area contributed by atoms with Crippen LogP contribution in [0.15, 0.2) is 30.3 Å². The van der Waals surface area contributed by atoms with E-state index in [0.29, 0.717) is 18.1 Å². The first-order valence-corrected chi connectivity index (χ1v) is 7.14. The molecule has 1 saturated heterocycles. The molecule has 1 aliphatic heterocycles. The molecule has 0 radical (unpaired) electrons. The molecule has 1 aromatic carbocycles. The molecular weight excluding hydrogens is 238 g/mol. The predicted molar refractivity (Wildman–Crippen MR) is 73.5 cm³/mol. The summed E-state index contributed by atoms with van der Waals surface area (Å²) in [7, 11) is 0.